The molecule has 24 aromatic rings. The molecule has 0 spiro atoms. The second-order valence-electron chi connectivity index (χ2n) is 30.6. The minimum atomic E-state index is -0.0483. The van der Waals surface area contributed by atoms with Gasteiger partial charge < -0.3 is 36.3 Å². The first kappa shape index (κ1) is 79.6. The molecular formula is C96H71N27O2S4. The third-order valence-corrected chi connectivity index (χ3v) is 25.2. The van der Waals surface area contributed by atoms with E-state index in [0.29, 0.717) is 53.3 Å². The number of fused-ring (bicyclic) bond motifs is 8. The number of carbonyl (C=O) groups excluding carboxylic acids is 2. The normalized spacial score (nSPS) is 11.4. The monoisotopic (exact) mass is 1760 g/mol. The molecule has 0 aliphatic carbocycles. The molecule has 0 fully saturated rings. The molecule has 20 heterocycles. The molecule has 0 bridgehead atoms. The molecule has 0 aliphatic heterocycles. The van der Waals surface area contributed by atoms with Crippen molar-refractivity contribution in [3.05, 3.63) is 272 Å². The maximum atomic E-state index is 12.2. The Morgan fingerprint density at radius 1 is 0.333 bits per heavy atom. The standard InChI is InChI=1S/C27H23N7OS.C25H19N7OS.C22H15N7S.C22H14N6S/c1-15(2)8-24(35)30-18-9-17(11-28-12-18)16-5-6-21-19(10-16)26(34-33-21)27-31-22-14-29-13-20(25(22)32-27)23-4-3-7-36-23;1-2-22(33)28-16-8-15(10-26-11-16)14-5-6-19-17(9-14)24(32-31-19)25-29-20-13-27-12-18(23(20)30-25)21-4-3-7-34-21;23-14-6-13(8-24-9-14)12-3-4-17-15(7-12)21(29-28-17)22-26-18-11-25-10-16(20(18)27-22)19-2-1-5-30-19;1-3-14(10-23-7-1)13-5-6-17-15(9-13)21(28-27-17)22-25-18-12-24-11-16(20(18)26-22)19-4-2-8-29-19/h3-7,9-15H,8H2,1-2H3,(H,30,35)(H,31,32)(H,33,34);3-13H,2H2,1H3,(H,28,33)(H,29,30)(H,31,32);1-11H,23H2,(H,26,27)(H,28,29);1-12H,(H,25,26)(H,27,28). The quantitative estimate of drug-likeness (QED) is 0.0403. The number of nitrogens with zero attached hydrogens (tertiary/aromatic N) is 16. The topological polar surface area (TPSA) is 417 Å². The number of nitrogens with two attached hydrogens (primary N) is 1. The van der Waals surface area contributed by atoms with Gasteiger partial charge in [-0.15, -0.1) is 45.3 Å². The summed E-state index contributed by atoms with van der Waals surface area (Å²) in [5, 5.41) is 48.5. The predicted molar refractivity (Wildman–Crippen MR) is 513 cm³/mol. The Morgan fingerprint density at radius 2 is 0.659 bits per heavy atom. The fourth-order valence-corrected chi connectivity index (χ4v) is 18.4. The summed E-state index contributed by atoms with van der Waals surface area (Å²) in [5.41, 5.74) is 33.5. The number of rotatable bonds is 17. The summed E-state index contributed by atoms with van der Waals surface area (Å²) in [5.74, 6) is 2.99. The lowest BCUT2D eigenvalue weighted by atomic mass is 10.0. The number of hydrogen-bond donors (Lipinski definition) is 11. The van der Waals surface area contributed by atoms with Crippen LogP contribution < -0.4 is 16.4 Å². The first-order valence-corrected chi connectivity index (χ1v) is 44.5. The van der Waals surface area contributed by atoms with Gasteiger partial charge in [-0.1, -0.05) is 75.4 Å². The molecule has 0 unspecified atom stereocenters. The van der Waals surface area contributed by atoms with Crippen molar-refractivity contribution < 1.29 is 9.59 Å². The number of imidazole rings is 4. The predicted octanol–water partition coefficient (Wildman–Crippen LogP) is 22.1. The number of nitrogens with one attached hydrogen (secondary N) is 10. The number of carbonyl (C=O) groups is 2. The van der Waals surface area contributed by atoms with Crippen LogP contribution in [-0.2, 0) is 9.59 Å². The fourth-order valence-electron chi connectivity index (χ4n) is 15.4. The molecule has 24 rings (SSSR count). The van der Waals surface area contributed by atoms with Crippen LogP contribution in [0.4, 0.5) is 17.1 Å². The van der Waals surface area contributed by atoms with Crippen molar-refractivity contribution in [1.82, 2.24) is 121 Å². The Kier molecular flexibility index (Phi) is 21.3. The molecule has 20 aromatic heterocycles. The molecular weight excluding hydrogens is 1690 g/mol. The van der Waals surface area contributed by atoms with Crippen molar-refractivity contribution >= 4 is 162 Å². The lowest BCUT2D eigenvalue weighted by molar-refractivity contribution is -0.117. The largest absolute Gasteiger partial charge is 0.397 e. The van der Waals surface area contributed by atoms with Gasteiger partial charge in [0.2, 0.25) is 11.8 Å². The van der Waals surface area contributed by atoms with Crippen LogP contribution in [0.3, 0.4) is 0 Å². The van der Waals surface area contributed by atoms with Crippen molar-refractivity contribution in [3.8, 4) is 132 Å². The number of thiophene rings is 4. The van der Waals surface area contributed by atoms with E-state index < -0.39 is 0 Å². The summed E-state index contributed by atoms with van der Waals surface area (Å²) < 4.78 is 0. The molecule has 4 aromatic carbocycles. The molecule has 0 aliphatic rings. The lowest BCUT2D eigenvalue weighted by Crippen LogP contribution is -2.13. The number of anilines is 3. The molecule has 0 saturated heterocycles. The highest BCUT2D eigenvalue weighted by atomic mass is 32.1. The second kappa shape index (κ2) is 34.5. The summed E-state index contributed by atoms with van der Waals surface area (Å²) in [6.07, 6.45) is 29.4. The third kappa shape index (κ3) is 16.1. The van der Waals surface area contributed by atoms with E-state index in [0.717, 1.165) is 203 Å². The molecule has 2 amide bonds. The Labute approximate surface area is 747 Å². The first-order chi connectivity index (χ1) is 63.4. The molecule has 0 saturated carbocycles. The van der Waals surface area contributed by atoms with Crippen molar-refractivity contribution in [2.24, 2.45) is 5.92 Å². The molecule has 0 radical (unpaired) electrons. The van der Waals surface area contributed by atoms with Crippen LogP contribution in [0.25, 0.3) is 220 Å². The molecule has 129 heavy (non-hydrogen) atoms. The summed E-state index contributed by atoms with van der Waals surface area (Å²) in [6.45, 7) is 5.86. The second-order valence-corrected chi connectivity index (χ2v) is 34.4. The number of pyridine rings is 8. The number of aromatic nitrogens is 24. The Bertz CT molecular complexity index is 8220. The van der Waals surface area contributed by atoms with Gasteiger partial charge in [-0.25, -0.2) is 19.9 Å². The SMILES string of the molecule is CC(C)CC(=O)Nc1cncc(-c2ccc3[nH]nc(-c4nc5c(-c6cccs6)cncc5[nH]4)c3c2)c1.CCC(=O)Nc1cncc(-c2ccc3[nH]nc(-c4nc5c(-c6cccs6)cncc5[nH]4)c3c2)c1.Nc1cncc(-c2ccc3[nH]nc(-c4nc5c(-c6cccs6)cncc5[nH]4)c3c2)c1.c1cncc(-c2ccc3[nH]nc(-c4nc5c(-c6cccs6)cncc5[nH]4)c3c2)c1. The van der Waals surface area contributed by atoms with Gasteiger partial charge in [-0.3, -0.25) is 69.9 Å². The highest BCUT2D eigenvalue weighted by Gasteiger charge is 2.24. The zero-order valence-corrected chi connectivity index (χ0v) is 71.9. The smallest absolute Gasteiger partial charge is 0.224 e. The van der Waals surface area contributed by atoms with Gasteiger partial charge in [0.15, 0.2) is 23.3 Å². The minimum Gasteiger partial charge on any atom is -0.397 e. The van der Waals surface area contributed by atoms with Gasteiger partial charge in [-0.2, -0.15) is 20.4 Å². The van der Waals surface area contributed by atoms with E-state index in [1.54, 1.807) is 114 Å². The van der Waals surface area contributed by atoms with Crippen molar-refractivity contribution in [3.63, 3.8) is 0 Å². The van der Waals surface area contributed by atoms with Gasteiger partial charge in [0.25, 0.3) is 0 Å². The number of aromatic amines is 8. The average molecular weight is 1760 g/mol. The number of benzene rings is 4. The summed E-state index contributed by atoms with van der Waals surface area (Å²) >= 11 is 6.66. The van der Waals surface area contributed by atoms with Gasteiger partial charge in [0.1, 0.15) is 44.8 Å². The van der Waals surface area contributed by atoms with Gasteiger partial charge >= 0.3 is 0 Å². The molecule has 33 heteroatoms. The van der Waals surface area contributed by atoms with Crippen LogP contribution in [0, 0.1) is 5.92 Å². The van der Waals surface area contributed by atoms with Crippen molar-refractivity contribution in [2.75, 3.05) is 16.4 Å². The van der Waals surface area contributed by atoms with Crippen LogP contribution in [0.2, 0.25) is 0 Å². The van der Waals surface area contributed by atoms with Gasteiger partial charge in [0.05, 0.1) is 98.4 Å². The Hall–Kier alpha value is -16.6. The Balaban J connectivity index is 0.000000105. The van der Waals surface area contributed by atoms with E-state index in [-0.39, 0.29) is 11.8 Å². The maximum Gasteiger partial charge on any atom is 0.224 e. The summed E-state index contributed by atoms with van der Waals surface area (Å²) in [6, 6.07) is 50.6. The highest BCUT2D eigenvalue weighted by molar-refractivity contribution is 7.14. The number of hydrogen-bond acceptors (Lipinski definition) is 23. The average Bonchev–Trinajstić information content (AvgIpc) is 1.63. The van der Waals surface area contributed by atoms with Crippen LogP contribution in [0.1, 0.15) is 33.6 Å². The number of nitrogen functional groups attached to an aromatic ring is 1. The van der Waals surface area contributed by atoms with Crippen LogP contribution in [-0.4, -0.2) is 132 Å². The Morgan fingerprint density at radius 3 is 0.977 bits per heavy atom. The van der Waals surface area contributed by atoms with Crippen LogP contribution in [0.15, 0.2) is 272 Å². The fraction of sp³-hybridized carbons (Fsp3) is 0.0625. The van der Waals surface area contributed by atoms with Crippen LogP contribution >= 0.6 is 45.3 Å². The third-order valence-electron chi connectivity index (χ3n) is 21.6. The van der Waals surface area contributed by atoms with E-state index in [2.05, 4.69) is 177 Å². The lowest BCUT2D eigenvalue weighted by Gasteiger charge is -2.09. The minimum absolute atomic E-state index is 0.0159. The highest BCUT2D eigenvalue weighted by Crippen LogP contribution is 2.41. The van der Waals surface area contributed by atoms with Crippen molar-refractivity contribution in [2.45, 2.75) is 33.6 Å². The van der Waals surface area contributed by atoms with E-state index in [9.17, 15) is 9.59 Å². The number of H-pyrrole nitrogens is 8. The van der Waals surface area contributed by atoms with E-state index in [1.807, 2.05) is 160 Å². The molecule has 626 valence electrons. The van der Waals surface area contributed by atoms with Gasteiger partial charge in [0, 0.05) is 160 Å². The number of amides is 2. The van der Waals surface area contributed by atoms with Crippen LogP contribution in [0.5, 0.6) is 0 Å². The van der Waals surface area contributed by atoms with E-state index in [4.69, 9.17) is 25.7 Å². The van der Waals surface area contributed by atoms with E-state index in [1.165, 1.54) is 0 Å². The summed E-state index contributed by atoms with van der Waals surface area (Å²) in [7, 11) is 0. The zero-order valence-electron chi connectivity index (χ0n) is 68.7. The molecule has 0 atom stereocenters. The first-order valence-electron chi connectivity index (χ1n) is 40.9. The zero-order chi connectivity index (χ0) is 87.0. The summed E-state index contributed by atoms with van der Waals surface area (Å²) in [4.78, 5) is 96.2. The van der Waals surface area contributed by atoms with E-state index >= 15 is 0 Å². The maximum absolute atomic E-state index is 12.2. The van der Waals surface area contributed by atoms with Crippen molar-refractivity contribution in [1.29, 1.82) is 0 Å². The molecule has 29 nitrogen and oxygen atoms in total. The van der Waals surface area contributed by atoms with Gasteiger partial charge in [-0.05, 0) is 147 Å². The molecule has 12 N–H and O–H groups in total.